The Hall–Kier alpha value is -5.08. The first-order chi connectivity index (χ1) is 19.6. The normalized spacial score (nSPS) is 12.9. The second-order valence-corrected chi connectivity index (χ2v) is 8.34. The zero-order valence-corrected chi connectivity index (χ0v) is 21.2. The van der Waals surface area contributed by atoms with Crippen molar-refractivity contribution in [2.45, 2.75) is 24.6 Å². The van der Waals surface area contributed by atoms with Crippen molar-refractivity contribution in [3.8, 4) is 5.75 Å². The number of alkyl halides is 6. The SMILES string of the molecule is COc1ccccc1NC(=O)[C@H](OC(=O)c1cccc(C(F)(F)F)c1)[C@@H](OC(=O)c1cccc(C(F)(F)F)c1)C(=O)O. The highest BCUT2D eigenvalue weighted by Crippen LogP contribution is 2.31. The number of carboxylic acids is 1. The van der Waals surface area contributed by atoms with Crippen LogP contribution in [0.3, 0.4) is 0 Å². The number of carbonyl (C=O) groups excluding carboxylic acids is 3. The van der Waals surface area contributed by atoms with E-state index in [0.717, 1.165) is 24.3 Å². The summed E-state index contributed by atoms with van der Waals surface area (Å²) >= 11 is 0. The van der Waals surface area contributed by atoms with Gasteiger partial charge in [0.15, 0.2) is 0 Å². The van der Waals surface area contributed by atoms with Gasteiger partial charge < -0.3 is 24.6 Å². The van der Waals surface area contributed by atoms with E-state index < -0.39 is 70.6 Å². The van der Waals surface area contributed by atoms with Crippen molar-refractivity contribution in [1.29, 1.82) is 0 Å². The summed E-state index contributed by atoms with van der Waals surface area (Å²) in [7, 11) is 1.23. The minimum atomic E-state index is -4.87. The highest BCUT2D eigenvalue weighted by Gasteiger charge is 2.42. The number of para-hydroxylation sites is 2. The van der Waals surface area contributed by atoms with Crippen LogP contribution < -0.4 is 10.1 Å². The molecule has 0 aromatic heterocycles. The molecule has 0 radical (unpaired) electrons. The van der Waals surface area contributed by atoms with Crippen LogP contribution in [0, 0.1) is 0 Å². The molecule has 3 aromatic rings. The van der Waals surface area contributed by atoms with E-state index in [1.807, 2.05) is 0 Å². The van der Waals surface area contributed by atoms with Crippen molar-refractivity contribution in [3.63, 3.8) is 0 Å². The largest absolute Gasteiger partial charge is 0.495 e. The number of hydrogen-bond donors (Lipinski definition) is 2. The number of halogens is 6. The highest BCUT2D eigenvalue weighted by atomic mass is 19.4. The lowest BCUT2D eigenvalue weighted by molar-refractivity contribution is -0.157. The summed E-state index contributed by atoms with van der Waals surface area (Å²) in [5.41, 5.74) is -4.11. The molecule has 222 valence electrons. The van der Waals surface area contributed by atoms with Gasteiger partial charge in [0.2, 0.25) is 12.2 Å². The van der Waals surface area contributed by atoms with Gasteiger partial charge in [-0.3, -0.25) is 4.79 Å². The maximum absolute atomic E-state index is 13.2. The van der Waals surface area contributed by atoms with E-state index in [-0.39, 0.29) is 11.4 Å². The van der Waals surface area contributed by atoms with E-state index >= 15 is 0 Å². The molecule has 0 spiro atoms. The summed E-state index contributed by atoms with van der Waals surface area (Å²) in [6.07, 6.45) is -15.0. The number of ether oxygens (including phenoxy) is 3. The molecule has 0 unspecified atom stereocenters. The number of benzene rings is 3. The number of aliphatic carboxylic acids is 1. The third-order valence-electron chi connectivity index (χ3n) is 5.46. The van der Waals surface area contributed by atoms with E-state index in [2.05, 4.69) is 5.32 Å². The molecule has 3 rings (SSSR count). The zero-order chi connectivity index (χ0) is 31.2. The standard InChI is InChI=1S/C27H19F6NO8/c1-40-19-11-3-2-10-18(19)34-22(35)20(41-24(38)14-6-4-8-16(12-14)26(28,29)30)21(23(36)37)42-25(39)15-7-5-9-17(13-15)27(31,32)33/h2-13,20-21H,1H3,(H,34,35)(H,36,37)/t20-,21-/m1/s1. The summed E-state index contributed by atoms with van der Waals surface area (Å²) < 4.78 is 93.5. The Labute approximate surface area is 232 Å². The molecule has 0 aliphatic rings. The third kappa shape index (κ3) is 7.77. The van der Waals surface area contributed by atoms with Crippen LogP contribution in [-0.2, 0) is 31.4 Å². The molecule has 2 N–H and O–H groups in total. The van der Waals surface area contributed by atoms with Gasteiger partial charge in [-0.1, -0.05) is 24.3 Å². The Morgan fingerprint density at radius 1 is 0.714 bits per heavy atom. The van der Waals surface area contributed by atoms with E-state index in [0.29, 0.717) is 24.3 Å². The summed E-state index contributed by atoms with van der Waals surface area (Å²) in [4.78, 5) is 50.8. The molecule has 0 aliphatic carbocycles. The van der Waals surface area contributed by atoms with Gasteiger partial charge in [-0.25, -0.2) is 14.4 Å². The maximum Gasteiger partial charge on any atom is 0.416 e. The van der Waals surface area contributed by atoms with Crippen molar-refractivity contribution in [3.05, 3.63) is 95.1 Å². The lowest BCUT2D eigenvalue weighted by Crippen LogP contribution is -2.48. The van der Waals surface area contributed by atoms with Crippen molar-refractivity contribution >= 4 is 29.5 Å². The average molecular weight is 599 g/mol. The molecule has 1 amide bonds. The van der Waals surface area contributed by atoms with Crippen LogP contribution >= 0.6 is 0 Å². The summed E-state index contributed by atoms with van der Waals surface area (Å²) in [5, 5.41) is 12.0. The van der Waals surface area contributed by atoms with Gasteiger partial charge in [0.25, 0.3) is 5.91 Å². The Morgan fingerprint density at radius 2 is 1.19 bits per heavy atom. The van der Waals surface area contributed by atoms with Crippen molar-refractivity contribution in [2.24, 2.45) is 0 Å². The smallest absolute Gasteiger partial charge is 0.416 e. The van der Waals surface area contributed by atoms with E-state index in [1.165, 1.54) is 31.4 Å². The van der Waals surface area contributed by atoms with Crippen LogP contribution in [0.1, 0.15) is 31.8 Å². The number of carbonyl (C=O) groups is 4. The molecule has 0 aliphatic heterocycles. The van der Waals surface area contributed by atoms with Crippen LogP contribution in [0.2, 0.25) is 0 Å². The first kappa shape index (κ1) is 31.4. The van der Waals surface area contributed by atoms with Gasteiger partial charge >= 0.3 is 30.3 Å². The van der Waals surface area contributed by atoms with Crippen LogP contribution in [0.5, 0.6) is 5.75 Å². The second kappa shape index (κ2) is 12.6. The molecule has 15 heteroatoms. The average Bonchev–Trinajstić information content (AvgIpc) is 2.94. The van der Waals surface area contributed by atoms with Crippen molar-refractivity contribution in [2.75, 3.05) is 12.4 Å². The first-order valence-electron chi connectivity index (χ1n) is 11.5. The molecular weight excluding hydrogens is 580 g/mol. The monoisotopic (exact) mass is 599 g/mol. The second-order valence-electron chi connectivity index (χ2n) is 8.34. The predicted molar refractivity (Wildman–Crippen MR) is 131 cm³/mol. The van der Waals surface area contributed by atoms with Gasteiger partial charge in [-0.05, 0) is 48.5 Å². The fraction of sp³-hybridized carbons (Fsp3) is 0.185. The lowest BCUT2D eigenvalue weighted by Gasteiger charge is -2.24. The minimum absolute atomic E-state index is 0.0571. The molecule has 0 heterocycles. The predicted octanol–water partition coefficient (Wildman–Crippen LogP) is 5.21. The quantitative estimate of drug-likeness (QED) is 0.254. The molecule has 0 fully saturated rings. The number of anilines is 1. The Bertz CT molecular complexity index is 1490. The molecule has 9 nitrogen and oxygen atoms in total. The summed E-state index contributed by atoms with van der Waals surface area (Å²) in [5.74, 6) is -6.69. The number of nitrogens with one attached hydrogen (secondary N) is 1. The number of methoxy groups -OCH3 is 1. The first-order valence-corrected chi connectivity index (χ1v) is 11.5. The zero-order valence-electron chi connectivity index (χ0n) is 21.2. The number of amides is 1. The van der Waals surface area contributed by atoms with Crippen LogP contribution in [0.4, 0.5) is 32.0 Å². The van der Waals surface area contributed by atoms with Gasteiger partial charge in [-0.15, -0.1) is 0 Å². The highest BCUT2D eigenvalue weighted by molar-refractivity contribution is 6.02. The lowest BCUT2D eigenvalue weighted by atomic mass is 10.1. The Kier molecular flexibility index (Phi) is 9.45. The van der Waals surface area contributed by atoms with Crippen molar-refractivity contribution < 1.29 is 64.8 Å². The summed E-state index contributed by atoms with van der Waals surface area (Å²) in [6, 6.07) is 11.1. The molecule has 2 atom stereocenters. The van der Waals surface area contributed by atoms with Gasteiger partial charge in [0, 0.05) is 0 Å². The summed E-state index contributed by atoms with van der Waals surface area (Å²) in [6.45, 7) is 0. The van der Waals surface area contributed by atoms with Crippen LogP contribution in [0.15, 0.2) is 72.8 Å². The van der Waals surface area contributed by atoms with E-state index in [9.17, 15) is 50.6 Å². The number of hydrogen-bond acceptors (Lipinski definition) is 7. The van der Waals surface area contributed by atoms with Crippen LogP contribution in [-0.4, -0.2) is 48.2 Å². The fourth-order valence-corrected chi connectivity index (χ4v) is 3.46. The molecule has 0 saturated carbocycles. The molecule has 42 heavy (non-hydrogen) atoms. The topological polar surface area (TPSA) is 128 Å². The van der Waals surface area contributed by atoms with Gasteiger partial charge in [0.1, 0.15) is 5.75 Å². The molecular formula is C27H19F6NO8. The fourth-order valence-electron chi connectivity index (χ4n) is 3.46. The van der Waals surface area contributed by atoms with Gasteiger partial charge in [-0.2, -0.15) is 26.3 Å². The number of esters is 2. The number of carboxylic acid groups (broad SMARTS) is 1. The Balaban J connectivity index is 1.99. The van der Waals surface area contributed by atoms with E-state index in [4.69, 9.17) is 14.2 Å². The molecule has 0 saturated heterocycles. The molecule has 0 bridgehead atoms. The van der Waals surface area contributed by atoms with Crippen LogP contribution in [0.25, 0.3) is 0 Å². The molecule has 3 aromatic carbocycles. The number of rotatable bonds is 9. The maximum atomic E-state index is 13.2. The van der Waals surface area contributed by atoms with Crippen molar-refractivity contribution in [1.82, 2.24) is 0 Å². The minimum Gasteiger partial charge on any atom is -0.495 e. The Morgan fingerprint density at radius 3 is 1.64 bits per heavy atom. The van der Waals surface area contributed by atoms with Gasteiger partial charge in [0.05, 0.1) is 35.1 Å². The third-order valence-corrected chi connectivity index (χ3v) is 5.46. The van der Waals surface area contributed by atoms with E-state index in [1.54, 1.807) is 0 Å².